The summed E-state index contributed by atoms with van der Waals surface area (Å²) in [5.41, 5.74) is 1.63. The number of rotatable bonds is 5. The van der Waals surface area contributed by atoms with Crippen LogP contribution in [0.3, 0.4) is 0 Å². The van der Waals surface area contributed by atoms with Crippen molar-refractivity contribution in [1.29, 1.82) is 0 Å². The number of hydrogen-bond donors (Lipinski definition) is 2. The number of carboxylic acid groups (broad SMARTS) is 1. The van der Waals surface area contributed by atoms with Gasteiger partial charge in [-0.05, 0) is 37.3 Å². The van der Waals surface area contributed by atoms with Crippen LogP contribution in [-0.4, -0.2) is 33.3 Å². The Hall–Kier alpha value is -3.28. The largest absolute Gasteiger partial charge is 0.508 e. The Labute approximate surface area is 143 Å². The zero-order chi connectivity index (χ0) is 18.0. The summed E-state index contributed by atoms with van der Waals surface area (Å²) < 4.78 is 6.71. The zero-order valence-electron chi connectivity index (χ0n) is 13.6. The average Bonchev–Trinajstić information content (AvgIpc) is 2.88. The second-order valence-electron chi connectivity index (χ2n) is 5.48. The van der Waals surface area contributed by atoms with E-state index < -0.39 is 11.9 Å². The first kappa shape index (κ1) is 16.6. The van der Waals surface area contributed by atoms with Crippen LogP contribution in [0.15, 0.2) is 48.5 Å². The summed E-state index contributed by atoms with van der Waals surface area (Å²) in [4.78, 5) is 23.9. The molecule has 25 heavy (non-hydrogen) atoms. The number of ether oxygens (including phenoxy) is 1. The molecule has 1 aromatic heterocycles. The van der Waals surface area contributed by atoms with E-state index in [2.05, 4.69) is 0 Å². The molecule has 2 aromatic carbocycles. The number of esters is 1. The number of phenols is 1. The lowest BCUT2D eigenvalue weighted by molar-refractivity contribution is -0.142. The van der Waals surface area contributed by atoms with Crippen LogP contribution in [0.1, 0.15) is 23.0 Å². The van der Waals surface area contributed by atoms with E-state index in [4.69, 9.17) is 4.74 Å². The fourth-order valence-electron chi connectivity index (χ4n) is 2.96. The zero-order valence-corrected chi connectivity index (χ0v) is 13.6. The van der Waals surface area contributed by atoms with Crippen LogP contribution in [0.25, 0.3) is 16.6 Å². The highest BCUT2D eigenvalue weighted by molar-refractivity contribution is 6.07. The standard InChI is InChI=1S/C19H17NO5/c1-2-25-17(22)11-16-18(19(23)24)14-10-13(21)8-9-15(14)20(16)12-6-4-3-5-7-12/h3-10,21H,2,11H2,1H3,(H,23,24). The lowest BCUT2D eigenvalue weighted by Gasteiger charge is -2.11. The van der Waals surface area contributed by atoms with Gasteiger partial charge in [0.2, 0.25) is 0 Å². The van der Waals surface area contributed by atoms with Gasteiger partial charge >= 0.3 is 11.9 Å². The van der Waals surface area contributed by atoms with Gasteiger partial charge < -0.3 is 19.5 Å². The van der Waals surface area contributed by atoms with Crippen molar-refractivity contribution >= 4 is 22.8 Å². The van der Waals surface area contributed by atoms with Crippen molar-refractivity contribution < 1.29 is 24.5 Å². The van der Waals surface area contributed by atoms with Gasteiger partial charge in [0.15, 0.2) is 0 Å². The van der Waals surface area contributed by atoms with Crippen molar-refractivity contribution in [3.8, 4) is 11.4 Å². The van der Waals surface area contributed by atoms with Gasteiger partial charge in [0.25, 0.3) is 0 Å². The number of carboxylic acids is 1. The number of phenolic OH excluding ortho intramolecular Hbond substituents is 1. The Morgan fingerprint density at radius 2 is 1.84 bits per heavy atom. The first-order chi connectivity index (χ1) is 12.0. The van der Waals surface area contributed by atoms with Gasteiger partial charge in [-0.15, -0.1) is 0 Å². The van der Waals surface area contributed by atoms with Gasteiger partial charge in [0.1, 0.15) is 5.75 Å². The van der Waals surface area contributed by atoms with Crippen LogP contribution in [0.2, 0.25) is 0 Å². The Morgan fingerprint density at radius 3 is 2.48 bits per heavy atom. The molecule has 0 saturated carbocycles. The molecule has 2 N–H and O–H groups in total. The van der Waals surface area contributed by atoms with E-state index in [1.54, 1.807) is 17.6 Å². The molecular formula is C19H17NO5. The number of aromatic hydroxyl groups is 1. The normalized spacial score (nSPS) is 10.8. The highest BCUT2D eigenvalue weighted by Gasteiger charge is 2.25. The molecule has 0 bridgehead atoms. The molecule has 1 heterocycles. The van der Waals surface area contributed by atoms with E-state index in [1.807, 2.05) is 30.3 Å². The molecule has 0 aliphatic rings. The average molecular weight is 339 g/mol. The van der Waals surface area contributed by atoms with Crippen LogP contribution in [0.4, 0.5) is 0 Å². The molecule has 0 aliphatic heterocycles. The number of fused-ring (bicyclic) bond motifs is 1. The summed E-state index contributed by atoms with van der Waals surface area (Å²) in [6.45, 7) is 1.91. The maximum Gasteiger partial charge on any atom is 0.338 e. The SMILES string of the molecule is CCOC(=O)Cc1c(C(=O)O)c2cc(O)ccc2n1-c1ccccc1. The molecule has 0 spiro atoms. The fourth-order valence-corrected chi connectivity index (χ4v) is 2.96. The molecule has 0 aliphatic carbocycles. The topological polar surface area (TPSA) is 88.8 Å². The van der Waals surface area contributed by atoms with E-state index in [9.17, 15) is 19.8 Å². The van der Waals surface area contributed by atoms with Gasteiger partial charge in [-0.25, -0.2) is 4.79 Å². The first-order valence-corrected chi connectivity index (χ1v) is 7.83. The third-order valence-electron chi connectivity index (χ3n) is 3.89. The molecular weight excluding hydrogens is 322 g/mol. The summed E-state index contributed by atoms with van der Waals surface area (Å²) in [5.74, 6) is -1.71. The molecule has 0 saturated heterocycles. The highest BCUT2D eigenvalue weighted by Crippen LogP contribution is 2.32. The summed E-state index contributed by atoms with van der Waals surface area (Å²) in [7, 11) is 0. The molecule has 3 rings (SSSR count). The van der Waals surface area contributed by atoms with Crippen LogP contribution >= 0.6 is 0 Å². The number of aromatic nitrogens is 1. The minimum Gasteiger partial charge on any atom is -0.508 e. The number of nitrogens with zero attached hydrogens (tertiary/aromatic N) is 1. The maximum atomic E-state index is 12.0. The third-order valence-corrected chi connectivity index (χ3v) is 3.89. The van der Waals surface area contributed by atoms with E-state index in [0.29, 0.717) is 16.6 Å². The van der Waals surface area contributed by atoms with Crippen LogP contribution in [0, 0.1) is 0 Å². The summed E-state index contributed by atoms with van der Waals surface area (Å²) in [5, 5.41) is 19.9. The third kappa shape index (κ3) is 3.06. The van der Waals surface area contributed by atoms with Crippen molar-refractivity contribution in [3.63, 3.8) is 0 Å². The molecule has 6 nitrogen and oxygen atoms in total. The van der Waals surface area contributed by atoms with Gasteiger partial charge in [-0.3, -0.25) is 4.79 Å². The maximum absolute atomic E-state index is 12.0. The minimum atomic E-state index is -1.16. The van der Waals surface area contributed by atoms with E-state index in [-0.39, 0.29) is 24.3 Å². The summed E-state index contributed by atoms with van der Waals surface area (Å²) in [6, 6.07) is 13.7. The van der Waals surface area contributed by atoms with Crippen LogP contribution in [-0.2, 0) is 16.0 Å². The lowest BCUT2D eigenvalue weighted by Crippen LogP contribution is -2.14. The lowest BCUT2D eigenvalue weighted by atomic mass is 10.1. The monoisotopic (exact) mass is 339 g/mol. The first-order valence-electron chi connectivity index (χ1n) is 7.83. The van der Waals surface area contributed by atoms with Crippen LogP contribution in [0.5, 0.6) is 5.75 Å². The number of benzene rings is 2. The van der Waals surface area contributed by atoms with Crippen LogP contribution < -0.4 is 0 Å². The summed E-state index contributed by atoms with van der Waals surface area (Å²) in [6.07, 6.45) is -0.181. The Kier molecular flexibility index (Phi) is 4.43. The van der Waals surface area contributed by atoms with Gasteiger partial charge in [0, 0.05) is 16.8 Å². The smallest absolute Gasteiger partial charge is 0.338 e. The molecule has 0 atom stereocenters. The Balaban J connectivity index is 2.34. The number of para-hydroxylation sites is 1. The minimum absolute atomic E-state index is 0.0113. The molecule has 6 heteroatoms. The van der Waals surface area contributed by atoms with Crippen molar-refractivity contribution in [2.24, 2.45) is 0 Å². The predicted octanol–water partition coefficient (Wildman–Crippen LogP) is 3.14. The van der Waals surface area contributed by atoms with E-state index in [1.165, 1.54) is 12.1 Å². The molecule has 0 unspecified atom stereocenters. The van der Waals surface area contributed by atoms with E-state index >= 15 is 0 Å². The van der Waals surface area contributed by atoms with Gasteiger partial charge in [-0.1, -0.05) is 18.2 Å². The molecule has 0 amide bonds. The van der Waals surface area contributed by atoms with Gasteiger partial charge in [0.05, 0.1) is 24.1 Å². The fraction of sp³-hybridized carbons (Fsp3) is 0.158. The molecule has 0 radical (unpaired) electrons. The summed E-state index contributed by atoms with van der Waals surface area (Å²) >= 11 is 0. The van der Waals surface area contributed by atoms with Crippen molar-refractivity contribution in [2.75, 3.05) is 6.61 Å². The van der Waals surface area contributed by atoms with Crippen molar-refractivity contribution in [1.82, 2.24) is 4.57 Å². The number of carbonyl (C=O) groups excluding carboxylic acids is 1. The number of hydrogen-bond acceptors (Lipinski definition) is 4. The highest BCUT2D eigenvalue weighted by atomic mass is 16.5. The predicted molar refractivity (Wildman–Crippen MR) is 92.2 cm³/mol. The Bertz CT molecular complexity index is 943. The number of carbonyl (C=O) groups is 2. The quantitative estimate of drug-likeness (QED) is 0.697. The molecule has 3 aromatic rings. The Morgan fingerprint density at radius 1 is 1.12 bits per heavy atom. The van der Waals surface area contributed by atoms with Crippen molar-refractivity contribution in [3.05, 3.63) is 59.8 Å². The number of aromatic carboxylic acids is 1. The van der Waals surface area contributed by atoms with E-state index in [0.717, 1.165) is 5.69 Å². The molecule has 0 fully saturated rings. The second kappa shape index (κ2) is 6.68. The molecule has 128 valence electrons. The van der Waals surface area contributed by atoms with Crippen molar-refractivity contribution in [2.45, 2.75) is 13.3 Å². The second-order valence-corrected chi connectivity index (χ2v) is 5.48. The van der Waals surface area contributed by atoms with Gasteiger partial charge in [-0.2, -0.15) is 0 Å².